The Kier molecular flexibility index (Phi) is 4.38. The molecule has 0 aromatic heterocycles. The van der Waals surface area contributed by atoms with E-state index in [-0.39, 0.29) is 6.04 Å². The first-order valence-corrected chi connectivity index (χ1v) is 6.71. The molecular formula is C13H23N3O. The Morgan fingerprint density at radius 2 is 2.00 bits per heavy atom. The van der Waals surface area contributed by atoms with E-state index in [1.54, 1.807) is 0 Å². The molecule has 0 radical (unpaired) electrons. The molecule has 0 aromatic rings. The van der Waals surface area contributed by atoms with Crippen molar-refractivity contribution in [2.75, 3.05) is 19.6 Å². The summed E-state index contributed by atoms with van der Waals surface area (Å²) in [5.41, 5.74) is 0. The van der Waals surface area contributed by atoms with Crippen molar-refractivity contribution in [2.24, 2.45) is 0 Å². The molecule has 0 aliphatic carbocycles. The van der Waals surface area contributed by atoms with E-state index in [9.17, 15) is 0 Å². The van der Waals surface area contributed by atoms with Gasteiger partial charge in [0.05, 0.1) is 24.3 Å². The lowest BCUT2D eigenvalue weighted by Crippen LogP contribution is -2.45. The van der Waals surface area contributed by atoms with E-state index < -0.39 is 0 Å². The molecule has 17 heavy (non-hydrogen) atoms. The van der Waals surface area contributed by atoms with Gasteiger partial charge in [-0.2, -0.15) is 5.26 Å². The van der Waals surface area contributed by atoms with E-state index in [2.05, 4.69) is 30.1 Å². The number of nitriles is 1. The van der Waals surface area contributed by atoms with Gasteiger partial charge in [-0.25, -0.2) is 0 Å². The Bertz CT molecular complexity index is 275. The topological polar surface area (TPSA) is 48.3 Å². The minimum atomic E-state index is -0.0181. The number of fused-ring (bicyclic) bond motifs is 2. The van der Waals surface area contributed by atoms with E-state index in [0.29, 0.717) is 18.2 Å². The highest BCUT2D eigenvalue weighted by Crippen LogP contribution is 2.26. The molecule has 2 rings (SSSR count). The fraction of sp³-hybridized carbons (Fsp3) is 0.923. The Balaban J connectivity index is 1.72. The zero-order chi connectivity index (χ0) is 12.3. The third kappa shape index (κ3) is 3.67. The normalized spacial score (nSPS) is 30.5. The Morgan fingerprint density at radius 3 is 2.53 bits per heavy atom. The van der Waals surface area contributed by atoms with Crippen molar-refractivity contribution in [3.05, 3.63) is 0 Å². The third-order valence-corrected chi connectivity index (χ3v) is 3.54. The fourth-order valence-corrected chi connectivity index (χ4v) is 2.78. The predicted molar refractivity (Wildman–Crippen MR) is 66.6 cm³/mol. The van der Waals surface area contributed by atoms with Gasteiger partial charge in [0, 0.05) is 25.7 Å². The Hall–Kier alpha value is -0.630. The van der Waals surface area contributed by atoms with Gasteiger partial charge < -0.3 is 4.74 Å². The highest BCUT2D eigenvalue weighted by atomic mass is 16.5. The van der Waals surface area contributed by atoms with Crippen LogP contribution in [0.3, 0.4) is 0 Å². The van der Waals surface area contributed by atoms with Crippen LogP contribution < -0.4 is 5.32 Å². The van der Waals surface area contributed by atoms with Crippen LogP contribution in [-0.2, 0) is 4.74 Å². The largest absolute Gasteiger partial charge is 0.372 e. The summed E-state index contributed by atoms with van der Waals surface area (Å²) >= 11 is 0. The van der Waals surface area contributed by atoms with Crippen LogP contribution in [0.5, 0.6) is 0 Å². The first kappa shape index (κ1) is 12.8. The van der Waals surface area contributed by atoms with Gasteiger partial charge in [0.1, 0.15) is 0 Å². The maximum atomic E-state index is 9.07. The van der Waals surface area contributed by atoms with Crippen LogP contribution in [0.1, 0.15) is 33.1 Å². The van der Waals surface area contributed by atoms with Crippen molar-refractivity contribution in [1.29, 1.82) is 5.26 Å². The highest BCUT2D eigenvalue weighted by molar-refractivity contribution is 4.92. The van der Waals surface area contributed by atoms with E-state index in [4.69, 9.17) is 10.00 Å². The number of morpholine rings is 1. The van der Waals surface area contributed by atoms with Crippen LogP contribution in [-0.4, -0.2) is 48.8 Å². The summed E-state index contributed by atoms with van der Waals surface area (Å²) in [5.74, 6) is 0. The maximum Gasteiger partial charge on any atom is 0.0967 e. The van der Waals surface area contributed by atoms with E-state index in [1.165, 1.54) is 12.8 Å². The van der Waals surface area contributed by atoms with Crippen molar-refractivity contribution in [2.45, 2.75) is 57.4 Å². The molecule has 0 aromatic carbocycles. The molecule has 3 unspecified atom stereocenters. The second-order valence-electron chi connectivity index (χ2n) is 5.51. The lowest BCUT2D eigenvalue weighted by atomic mass is 10.2. The van der Waals surface area contributed by atoms with Gasteiger partial charge in [-0.3, -0.25) is 10.2 Å². The predicted octanol–water partition coefficient (Wildman–Crippen LogP) is 1.13. The number of nitrogens with zero attached hydrogens (tertiary/aromatic N) is 2. The summed E-state index contributed by atoms with van der Waals surface area (Å²) in [6.07, 6.45) is 4.24. The summed E-state index contributed by atoms with van der Waals surface area (Å²) in [6, 6.07) is 2.70. The summed E-state index contributed by atoms with van der Waals surface area (Å²) in [7, 11) is 0. The average molecular weight is 237 g/mol. The van der Waals surface area contributed by atoms with Crippen molar-refractivity contribution in [1.82, 2.24) is 10.2 Å². The van der Waals surface area contributed by atoms with Crippen LogP contribution >= 0.6 is 0 Å². The smallest absolute Gasteiger partial charge is 0.0967 e. The summed E-state index contributed by atoms with van der Waals surface area (Å²) in [6.45, 7) is 7.28. The monoisotopic (exact) mass is 237 g/mol. The van der Waals surface area contributed by atoms with Crippen LogP contribution in [0.25, 0.3) is 0 Å². The molecule has 0 saturated carbocycles. The lowest BCUT2D eigenvalue weighted by molar-refractivity contribution is -0.0387. The second kappa shape index (κ2) is 5.81. The molecule has 2 heterocycles. The Morgan fingerprint density at radius 1 is 1.35 bits per heavy atom. The minimum absolute atomic E-state index is 0.0181. The standard InChI is InChI=1S/C13H23N3O/c1-10(2)15-11(7-14)5-6-16-8-12-3-4-13(9-16)17-12/h10-13,15H,3-6,8-9H2,1-2H3. The van der Waals surface area contributed by atoms with Crippen molar-refractivity contribution in [3.63, 3.8) is 0 Å². The number of ether oxygens (including phenoxy) is 1. The molecule has 4 heteroatoms. The summed E-state index contributed by atoms with van der Waals surface area (Å²) in [4.78, 5) is 2.46. The average Bonchev–Trinajstić information content (AvgIpc) is 2.63. The van der Waals surface area contributed by atoms with Crippen LogP contribution in [0, 0.1) is 11.3 Å². The zero-order valence-electron chi connectivity index (χ0n) is 10.9. The molecule has 2 aliphatic heterocycles. The molecule has 2 fully saturated rings. The van der Waals surface area contributed by atoms with Crippen LogP contribution in [0.4, 0.5) is 0 Å². The van der Waals surface area contributed by atoms with Gasteiger partial charge in [0.25, 0.3) is 0 Å². The molecule has 1 N–H and O–H groups in total. The molecule has 0 spiro atoms. The quantitative estimate of drug-likeness (QED) is 0.778. The van der Waals surface area contributed by atoms with Crippen LogP contribution in [0.2, 0.25) is 0 Å². The lowest BCUT2D eigenvalue weighted by Gasteiger charge is -2.32. The maximum absolute atomic E-state index is 9.07. The van der Waals surface area contributed by atoms with Gasteiger partial charge in [-0.15, -0.1) is 0 Å². The minimum Gasteiger partial charge on any atom is -0.372 e. The number of hydrogen-bond acceptors (Lipinski definition) is 4. The molecule has 0 amide bonds. The highest BCUT2D eigenvalue weighted by Gasteiger charge is 2.33. The molecule has 2 saturated heterocycles. The summed E-state index contributed by atoms with van der Waals surface area (Å²) in [5, 5.41) is 12.4. The molecule has 2 aliphatic rings. The fourth-order valence-electron chi connectivity index (χ4n) is 2.78. The molecule has 4 nitrogen and oxygen atoms in total. The number of hydrogen-bond donors (Lipinski definition) is 1. The van der Waals surface area contributed by atoms with E-state index >= 15 is 0 Å². The second-order valence-corrected chi connectivity index (χ2v) is 5.51. The van der Waals surface area contributed by atoms with Gasteiger partial charge in [0.2, 0.25) is 0 Å². The van der Waals surface area contributed by atoms with Gasteiger partial charge in [-0.1, -0.05) is 0 Å². The number of likely N-dealkylation sites (tertiary alicyclic amines) is 1. The number of nitrogens with one attached hydrogen (secondary N) is 1. The van der Waals surface area contributed by atoms with Crippen molar-refractivity contribution >= 4 is 0 Å². The summed E-state index contributed by atoms with van der Waals surface area (Å²) < 4.78 is 5.80. The SMILES string of the molecule is CC(C)NC(C#N)CCN1CC2CCC(C1)O2. The molecule has 3 atom stereocenters. The van der Waals surface area contributed by atoms with Gasteiger partial charge in [-0.05, 0) is 33.1 Å². The molecular weight excluding hydrogens is 214 g/mol. The van der Waals surface area contributed by atoms with Gasteiger partial charge >= 0.3 is 0 Å². The first-order valence-electron chi connectivity index (χ1n) is 6.71. The first-order chi connectivity index (χ1) is 8.17. The van der Waals surface area contributed by atoms with E-state index in [0.717, 1.165) is 26.1 Å². The van der Waals surface area contributed by atoms with Gasteiger partial charge in [0.15, 0.2) is 0 Å². The molecule has 96 valence electrons. The Labute approximate surface area is 104 Å². The third-order valence-electron chi connectivity index (χ3n) is 3.54. The van der Waals surface area contributed by atoms with Crippen molar-refractivity contribution in [3.8, 4) is 6.07 Å². The molecule has 2 bridgehead atoms. The van der Waals surface area contributed by atoms with Crippen molar-refractivity contribution < 1.29 is 4.74 Å². The zero-order valence-corrected chi connectivity index (χ0v) is 10.9. The number of rotatable bonds is 5. The van der Waals surface area contributed by atoms with Crippen LogP contribution in [0.15, 0.2) is 0 Å². The van der Waals surface area contributed by atoms with E-state index in [1.807, 2.05) is 0 Å².